The minimum Gasteiger partial charge on any atom is -0.493 e. The van der Waals surface area contributed by atoms with E-state index in [1.165, 1.54) is 30.0 Å². The molecule has 1 aliphatic rings. The Kier molecular flexibility index (Phi) is 6.42. The first-order valence-electron chi connectivity index (χ1n) is 9.57. The van der Waals surface area contributed by atoms with Crippen LogP contribution in [-0.2, 0) is 9.59 Å². The first-order chi connectivity index (χ1) is 13.8. The van der Waals surface area contributed by atoms with Crippen LogP contribution in [-0.4, -0.2) is 23.7 Å². The maximum atomic E-state index is 14.3. The number of anilines is 1. The molecule has 2 aromatic carbocycles. The molecule has 2 aromatic rings. The number of ether oxygens (including phenoxy) is 1. The Morgan fingerprint density at radius 1 is 0.966 bits per heavy atom. The van der Waals surface area contributed by atoms with E-state index in [9.17, 15) is 14.0 Å². The number of carbonyl (C=O) groups is 2. The van der Waals surface area contributed by atoms with Gasteiger partial charge in [-0.2, -0.15) is 0 Å². The van der Waals surface area contributed by atoms with Crippen LogP contribution in [0.15, 0.2) is 53.4 Å². The second-order valence-electron chi connectivity index (χ2n) is 7.50. The third-order valence-corrected chi connectivity index (χ3v) is 5.30. The normalized spacial score (nSPS) is 14.5. The first-order valence-corrected chi connectivity index (χ1v) is 10.4. The fourth-order valence-corrected chi connectivity index (χ4v) is 3.93. The Hall–Kier alpha value is -2.60. The van der Waals surface area contributed by atoms with E-state index in [-0.39, 0.29) is 10.9 Å². The lowest BCUT2D eigenvalue weighted by Crippen LogP contribution is -2.32. The highest BCUT2D eigenvalue weighted by Gasteiger charge is 2.41. The van der Waals surface area contributed by atoms with Crippen LogP contribution in [0, 0.1) is 11.7 Å². The van der Waals surface area contributed by atoms with Gasteiger partial charge in [0.1, 0.15) is 11.6 Å². The second-order valence-corrected chi connectivity index (χ2v) is 9.08. The molecule has 1 heterocycles. The van der Waals surface area contributed by atoms with Gasteiger partial charge in [-0.15, -0.1) is 11.8 Å². The SMILES string of the molecule is CC(C)COc1ccc(C2=C(SC(C)C)C(=O)N(c3ccccc3F)C2=O)cc1. The molecule has 0 saturated carbocycles. The van der Waals surface area contributed by atoms with Crippen molar-refractivity contribution in [3.8, 4) is 5.75 Å². The summed E-state index contributed by atoms with van der Waals surface area (Å²) in [5, 5.41) is 0.0889. The number of amides is 2. The van der Waals surface area contributed by atoms with Gasteiger partial charge in [-0.05, 0) is 35.7 Å². The molecule has 0 aromatic heterocycles. The van der Waals surface area contributed by atoms with Gasteiger partial charge in [0.25, 0.3) is 11.8 Å². The van der Waals surface area contributed by atoms with E-state index in [1.54, 1.807) is 30.3 Å². The van der Waals surface area contributed by atoms with Gasteiger partial charge in [0.2, 0.25) is 0 Å². The maximum Gasteiger partial charge on any atom is 0.272 e. The largest absolute Gasteiger partial charge is 0.493 e. The zero-order valence-corrected chi connectivity index (χ0v) is 17.8. The summed E-state index contributed by atoms with van der Waals surface area (Å²) >= 11 is 1.31. The number of para-hydroxylation sites is 1. The van der Waals surface area contributed by atoms with Crippen molar-refractivity contribution >= 4 is 34.8 Å². The molecular weight excluding hydrogens is 389 g/mol. The summed E-state index contributed by atoms with van der Waals surface area (Å²) in [5.74, 6) is -0.520. The van der Waals surface area contributed by atoms with E-state index in [0.29, 0.717) is 34.3 Å². The molecule has 0 bridgehead atoms. The molecule has 0 radical (unpaired) electrons. The maximum absolute atomic E-state index is 14.3. The number of benzene rings is 2. The molecule has 6 heteroatoms. The molecule has 0 atom stereocenters. The summed E-state index contributed by atoms with van der Waals surface area (Å²) in [6, 6.07) is 12.9. The third kappa shape index (κ3) is 4.53. The van der Waals surface area contributed by atoms with Gasteiger partial charge in [0, 0.05) is 5.25 Å². The van der Waals surface area contributed by atoms with Crippen molar-refractivity contribution < 1.29 is 18.7 Å². The highest BCUT2D eigenvalue weighted by Crippen LogP contribution is 2.40. The van der Waals surface area contributed by atoms with Gasteiger partial charge in [0.05, 0.1) is 22.8 Å². The summed E-state index contributed by atoms with van der Waals surface area (Å²) in [5.41, 5.74) is 0.880. The zero-order valence-electron chi connectivity index (χ0n) is 16.9. The van der Waals surface area contributed by atoms with E-state index in [2.05, 4.69) is 13.8 Å². The van der Waals surface area contributed by atoms with E-state index in [4.69, 9.17) is 4.74 Å². The molecular formula is C23H24FNO3S. The average Bonchev–Trinajstić information content (AvgIpc) is 2.90. The van der Waals surface area contributed by atoms with E-state index < -0.39 is 17.6 Å². The van der Waals surface area contributed by atoms with Gasteiger partial charge in [0.15, 0.2) is 0 Å². The average molecular weight is 414 g/mol. The number of nitrogens with zero attached hydrogens (tertiary/aromatic N) is 1. The first kappa shape index (κ1) is 21.1. The molecule has 0 unspecified atom stereocenters. The van der Waals surface area contributed by atoms with Crippen molar-refractivity contribution in [2.24, 2.45) is 5.92 Å². The van der Waals surface area contributed by atoms with Crippen LogP contribution < -0.4 is 9.64 Å². The van der Waals surface area contributed by atoms with Crippen molar-refractivity contribution in [1.29, 1.82) is 0 Å². The lowest BCUT2D eigenvalue weighted by Gasteiger charge is -2.16. The van der Waals surface area contributed by atoms with Gasteiger partial charge in [-0.25, -0.2) is 9.29 Å². The zero-order chi connectivity index (χ0) is 21.1. The molecule has 0 spiro atoms. The lowest BCUT2D eigenvalue weighted by atomic mass is 10.1. The van der Waals surface area contributed by atoms with E-state index in [0.717, 1.165) is 4.90 Å². The smallest absolute Gasteiger partial charge is 0.272 e. The number of imide groups is 1. The Morgan fingerprint density at radius 2 is 1.62 bits per heavy atom. The molecule has 0 aliphatic carbocycles. The molecule has 1 aliphatic heterocycles. The lowest BCUT2D eigenvalue weighted by molar-refractivity contribution is -0.119. The van der Waals surface area contributed by atoms with Gasteiger partial charge < -0.3 is 4.74 Å². The quantitative estimate of drug-likeness (QED) is 0.579. The van der Waals surface area contributed by atoms with Crippen LogP contribution in [0.2, 0.25) is 0 Å². The van der Waals surface area contributed by atoms with Crippen molar-refractivity contribution in [3.05, 3.63) is 64.8 Å². The summed E-state index contributed by atoms with van der Waals surface area (Å²) in [6.45, 7) is 8.61. The number of carbonyl (C=O) groups excluding carboxylic acids is 2. The predicted molar refractivity (Wildman–Crippen MR) is 115 cm³/mol. The monoisotopic (exact) mass is 413 g/mol. The fraction of sp³-hybridized carbons (Fsp3) is 0.304. The minimum absolute atomic E-state index is 0.0313. The number of halogens is 1. The van der Waals surface area contributed by atoms with Crippen molar-refractivity contribution in [1.82, 2.24) is 0 Å². The molecule has 2 amide bonds. The van der Waals surface area contributed by atoms with Crippen LogP contribution >= 0.6 is 11.8 Å². The predicted octanol–water partition coefficient (Wildman–Crippen LogP) is 5.29. The molecule has 0 saturated heterocycles. The molecule has 0 N–H and O–H groups in total. The minimum atomic E-state index is -0.609. The summed E-state index contributed by atoms with van der Waals surface area (Å²) in [6.07, 6.45) is 0. The van der Waals surface area contributed by atoms with Crippen LogP contribution in [0.3, 0.4) is 0 Å². The Labute approximate surface area is 174 Å². The number of rotatable bonds is 7. The highest BCUT2D eigenvalue weighted by molar-refractivity contribution is 8.04. The van der Waals surface area contributed by atoms with Gasteiger partial charge in [-0.1, -0.05) is 52.0 Å². The van der Waals surface area contributed by atoms with Crippen molar-refractivity contribution in [2.75, 3.05) is 11.5 Å². The molecule has 4 nitrogen and oxygen atoms in total. The van der Waals surface area contributed by atoms with Crippen LogP contribution in [0.1, 0.15) is 33.3 Å². The number of hydrogen-bond donors (Lipinski definition) is 0. The van der Waals surface area contributed by atoms with E-state index >= 15 is 0 Å². The fourth-order valence-electron chi connectivity index (χ4n) is 2.94. The summed E-state index contributed by atoms with van der Waals surface area (Å²) in [7, 11) is 0. The summed E-state index contributed by atoms with van der Waals surface area (Å²) < 4.78 is 20.0. The van der Waals surface area contributed by atoms with Crippen LogP contribution in [0.5, 0.6) is 5.75 Å². The van der Waals surface area contributed by atoms with Crippen LogP contribution in [0.25, 0.3) is 5.57 Å². The van der Waals surface area contributed by atoms with Crippen LogP contribution in [0.4, 0.5) is 10.1 Å². The standard InChI is InChI=1S/C23H24FNO3S/c1-14(2)13-28-17-11-9-16(10-12-17)20-21(29-15(3)4)23(27)25(22(20)26)19-8-6-5-7-18(19)24/h5-12,14-15H,13H2,1-4H3. The van der Waals surface area contributed by atoms with Gasteiger partial charge in [-0.3, -0.25) is 9.59 Å². The number of hydrogen-bond acceptors (Lipinski definition) is 4. The number of thioether (sulfide) groups is 1. The summed E-state index contributed by atoms with van der Waals surface area (Å²) in [4.78, 5) is 27.5. The highest BCUT2D eigenvalue weighted by atomic mass is 32.2. The Morgan fingerprint density at radius 3 is 2.21 bits per heavy atom. The second kappa shape index (κ2) is 8.82. The Balaban J connectivity index is 1.99. The third-order valence-electron chi connectivity index (χ3n) is 4.21. The molecule has 0 fully saturated rings. The topological polar surface area (TPSA) is 46.6 Å². The Bertz CT molecular complexity index is 951. The molecule has 152 valence electrons. The molecule has 3 rings (SSSR count). The van der Waals surface area contributed by atoms with E-state index in [1.807, 2.05) is 13.8 Å². The molecule has 29 heavy (non-hydrogen) atoms. The van der Waals surface area contributed by atoms with Crippen molar-refractivity contribution in [3.63, 3.8) is 0 Å². The van der Waals surface area contributed by atoms with Crippen molar-refractivity contribution in [2.45, 2.75) is 32.9 Å². The van der Waals surface area contributed by atoms with Gasteiger partial charge >= 0.3 is 0 Å².